The van der Waals surface area contributed by atoms with Gasteiger partial charge in [-0.05, 0) is 60.6 Å². The van der Waals surface area contributed by atoms with Crippen molar-refractivity contribution in [2.75, 3.05) is 6.61 Å². The topological polar surface area (TPSA) is 9.23 Å². The third-order valence-electron chi connectivity index (χ3n) is 3.23. The Kier molecular flexibility index (Phi) is 5.33. The molecule has 0 N–H and O–H groups in total. The van der Waals surface area contributed by atoms with Crippen LogP contribution in [-0.4, -0.2) is 6.61 Å². The minimum absolute atomic E-state index is 0.191. The fourth-order valence-electron chi connectivity index (χ4n) is 2.19. The summed E-state index contributed by atoms with van der Waals surface area (Å²) in [5.41, 5.74) is 4.62. The van der Waals surface area contributed by atoms with Crippen LogP contribution in [-0.2, 0) is 0 Å². The van der Waals surface area contributed by atoms with E-state index in [1.54, 1.807) is 0 Å². The van der Waals surface area contributed by atoms with E-state index >= 15 is 0 Å². The van der Waals surface area contributed by atoms with Crippen molar-refractivity contribution in [2.45, 2.75) is 26.1 Å². The first-order valence-electron chi connectivity index (χ1n) is 6.67. The Bertz CT molecular complexity index is 610. The van der Waals surface area contributed by atoms with Crippen molar-refractivity contribution in [1.29, 1.82) is 0 Å². The molecule has 106 valence electrons. The zero-order chi connectivity index (χ0) is 14.7. The maximum absolute atomic E-state index is 6.74. The molecular formula is C17H18ClIO. The standard InChI is InChI=1S/C17H18ClIO/c1-4-20-15-9-8-11(2)10-14(15)16(18)13-7-5-6-12(3)17(13)19/h5-10,16H,4H2,1-3H3. The van der Waals surface area contributed by atoms with Crippen molar-refractivity contribution in [2.24, 2.45) is 0 Å². The number of halogens is 2. The fraction of sp³-hybridized carbons (Fsp3) is 0.294. The molecule has 0 aromatic heterocycles. The van der Waals surface area contributed by atoms with Gasteiger partial charge in [0.25, 0.3) is 0 Å². The van der Waals surface area contributed by atoms with Gasteiger partial charge < -0.3 is 4.74 Å². The molecule has 0 aliphatic carbocycles. The molecule has 0 radical (unpaired) electrons. The number of aryl methyl sites for hydroxylation is 2. The van der Waals surface area contributed by atoms with E-state index in [1.807, 2.05) is 13.0 Å². The number of rotatable bonds is 4. The Morgan fingerprint density at radius 1 is 1.15 bits per heavy atom. The van der Waals surface area contributed by atoms with Gasteiger partial charge in [0, 0.05) is 9.13 Å². The highest BCUT2D eigenvalue weighted by Crippen LogP contribution is 2.38. The van der Waals surface area contributed by atoms with Crippen LogP contribution in [0.1, 0.15) is 34.6 Å². The summed E-state index contributed by atoms with van der Waals surface area (Å²) >= 11 is 9.10. The molecule has 0 spiro atoms. The van der Waals surface area contributed by atoms with Crippen LogP contribution in [0.5, 0.6) is 5.75 Å². The maximum Gasteiger partial charge on any atom is 0.124 e. The summed E-state index contributed by atoms with van der Waals surface area (Å²) in [5, 5.41) is -0.191. The van der Waals surface area contributed by atoms with E-state index in [9.17, 15) is 0 Å². The Morgan fingerprint density at radius 2 is 1.90 bits per heavy atom. The molecule has 0 saturated carbocycles. The average Bonchev–Trinajstić information content (AvgIpc) is 2.43. The molecule has 1 atom stereocenters. The molecule has 0 fully saturated rings. The predicted molar refractivity (Wildman–Crippen MR) is 93.9 cm³/mol. The van der Waals surface area contributed by atoms with Gasteiger partial charge in [-0.15, -0.1) is 11.6 Å². The second-order valence-electron chi connectivity index (χ2n) is 4.81. The highest BCUT2D eigenvalue weighted by atomic mass is 127. The van der Waals surface area contributed by atoms with Crippen molar-refractivity contribution >= 4 is 34.2 Å². The van der Waals surface area contributed by atoms with E-state index < -0.39 is 0 Å². The lowest BCUT2D eigenvalue weighted by molar-refractivity contribution is 0.336. The van der Waals surface area contributed by atoms with E-state index in [4.69, 9.17) is 16.3 Å². The molecule has 20 heavy (non-hydrogen) atoms. The van der Waals surface area contributed by atoms with Crippen molar-refractivity contribution in [1.82, 2.24) is 0 Å². The zero-order valence-corrected chi connectivity index (χ0v) is 14.8. The van der Waals surface area contributed by atoms with Gasteiger partial charge in [-0.3, -0.25) is 0 Å². The summed E-state index contributed by atoms with van der Waals surface area (Å²) in [6, 6.07) is 12.4. The van der Waals surface area contributed by atoms with Crippen LogP contribution in [0.25, 0.3) is 0 Å². The molecule has 1 nitrogen and oxygen atoms in total. The van der Waals surface area contributed by atoms with Gasteiger partial charge in [0.05, 0.1) is 12.0 Å². The molecule has 3 heteroatoms. The molecule has 0 amide bonds. The second-order valence-corrected chi connectivity index (χ2v) is 6.33. The Morgan fingerprint density at radius 3 is 2.60 bits per heavy atom. The monoisotopic (exact) mass is 400 g/mol. The molecule has 2 rings (SSSR count). The fourth-order valence-corrected chi connectivity index (χ4v) is 3.39. The van der Waals surface area contributed by atoms with E-state index in [-0.39, 0.29) is 5.38 Å². The van der Waals surface area contributed by atoms with Gasteiger partial charge in [0.1, 0.15) is 5.75 Å². The van der Waals surface area contributed by atoms with Crippen LogP contribution in [0.2, 0.25) is 0 Å². The Labute approximate surface area is 139 Å². The summed E-state index contributed by atoms with van der Waals surface area (Å²) in [7, 11) is 0. The Balaban J connectivity index is 2.49. The first kappa shape index (κ1) is 15.6. The number of alkyl halides is 1. The van der Waals surface area contributed by atoms with Crippen molar-refractivity contribution < 1.29 is 4.74 Å². The Hall–Kier alpha value is -0.740. The van der Waals surface area contributed by atoms with Crippen molar-refractivity contribution in [3.63, 3.8) is 0 Å². The maximum atomic E-state index is 6.74. The first-order valence-corrected chi connectivity index (χ1v) is 8.18. The lowest BCUT2D eigenvalue weighted by Gasteiger charge is -2.18. The van der Waals surface area contributed by atoms with Gasteiger partial charge in [-0.25, -0.2) is 0 Å². The smallest absolute Gasteiger partial charge is 0.124 e. The van der Waals surface area contributed by atoms with Gasteiger partial charge in [0.15, 0.2) is 0 Å². The molecule has 0 saturated heterocycles. The van der Waals surface area contributed by atoms with Gasteiger partial charge in [0.2, 0.25) is 0 Å². The quantitative estimate of drug-likeness (QED) is 0.477. The molecule has 0 heterocycles. The SMILES string of the molecule is CCOc1ccc(C)cc1C(Cl)c1cccc(C)c1I. The minimum atomic E-state index is -0.191. The zero-order valence-electron chi connectivity index (χ0n) is 11.9. The summed E-state index contributed by atoms with van der Waals surface area (Å²) in [4.78, 5) is 0. The van der Waals surface area contributed by atoms with Crippen LogP contribution in [0.4, 0.5) is 0 Å². The van der Waals surface area contributed by atoms with Gasteiger partial charge in [-0.2, -0.15) is 0 Å². The van der Waals surface area contributed by atoms with E-state index in [2.05, 4.69) is 66.8 Å². The minimum Gasteiger partial charge on any atom is -0.494 e. The van der Waals surface area contributed by atoms with Crippen LogP contribution in [0.3, 0.4) is 0 Å². The largest absolute Gasteiger partial charge is 0.494 e. The molecule has 0 aliphatic rings. The summed E-state index contributed by atoms with van der Waals surface area (Å²) in [5.74, 6) is 0.871. The lowest BCUT2D eigenvalue weighted by Crippen LogP contribution is -2.03. The summed E-state index contributed by atoms with van der Waals surface area (Å²) in [6.07, 6.45) is 0. The van der Waals surface area contributed by atoms with Crippen LogP contribution < -0.4 is 4.74 Å². The third-order valence-corrected chi connectivity index (χ3v) is 5.18. The molecule has 0 bridgehead atoms. The van der Waals surface area contributed by atoms with E-state index in [0.29, 0.717) is 6.61 Å². The number of hydrogen-bond acceptors (Lipinski definition) is 1. The third kappa shape index (κ3) is 3.29. The number of benzene rings is 2. The van der Waals surface area contributed by atoms with Crippen LogP contribution >= 0.6 is 34.2 Å². The summed E-state index contributed by atoms with van der Waals surface area (Å²) in [6.45, 7) is 6.81. The van der Waals surface area contributed by atoms with Crippen molar-refractivity contribution in [3.05, 3.63) is 62.2 Å². The second kappa shape index (κ2) is 6.81. The van der Waals surface area contributed by atoms with Crippen molar-refractivity contribution in [3.8, 4) is 5.75 Å². The van der Waals surface area contributed by atoms with Crippen LogP contribution in [0, 0.1) is 17.4 Å². The number of hydrogen-bond donors (Lipinski definition) is 0. The number of ether oxygens (including phenoxy) is 1. The van der Waals surface area contributed by atoms with Gasteiger partial charge >= 0.3 is 0 Å². The molecule has 2 aromatic carbocycles. The lowest BCUT2D eigenvalue weighted by atomic mass is 10.00. The van der Waals surface area contributed by atoms with E-state index in [0.717, 1.165) is 16.9 Å². The highest BCUT2D eigenvalue weighted by Gasteiger charge is 2.19. The summed E-state index contributed by atoms with van der Waals surface area (Å²) < 4.78 is 6.93. The first-order chi connectivity index (χ1) is 9.54. The predicted octanol–water partition coefficient (Wildman–Crippen LogP) is 5.63. The van der Waals surface area contributed by atoms with Crippen LogP contribution in [0.15, 0.2) is 36.4 Å². The van der Waals surface area contributed by atoms with Gasteiger partial charge in [-0.1, -0.05) is 35.9 Å². The average molecular weight is 401 g/mol. The molecule has 0 aliphatic heterocycles. The normalized spacial score (nSPS) is 12.2. The highest BCUT2D eigenvalue weighted by molar-refractivity contribution is 14.1. The molecular weight excluding hydrogens is 383 g/mol. The van der Waals surface area contributed by atoms with E-state index in [1.165, 1.54) is 14.7 Å². The molecule has 1 unspecified atom stereocenters. The molecule has 2 aromatic rings.